The van der Waals surface area contributed by atoms with Crippen LogP contribution in [0.3, 0.4) is 0 Å². The fraction of sp³-hybridized carbons (Fsp3) is 0.917. The van der Waals surface area contributed by atoms with Crippen LogP contribution in [0.15, 0.2) is 0 Å². The summed E-state index contributed by atoms with van der Waals surface area (Å²) in [4.78, 5) is 0. The summed E-state index contributed by atoms with van der Waals surface area (Å²) in [6.45, 7) is 4.95. The molecule has 1 fully saturated rings. The molecule has 13 heavy (non-hydrogen) atoms. The molecule has 2 aliphatic rings. The molecular weight excluding hydrogens is 158 g/mol. The van der Waals surface area contributed by atoms with E-state index in [-0.39, 0.29) is 0 Å². The van der Waals surface area contributed by atoms with Gasteiger partial charge in [-0.15, -0.1) is 0 Å². The van der Waals surface area contributed by atoms with Crippen molar-refractivity contribution in [3.8, 4) is 0 Å². The minimum atomic E-state index is 0.935. The van der Waals surface area contributed by atoms with Gasteiger partial charge in [-0.3, -0.25) is 0 Å². The maximum absolute atomic E-state index is 2.60. The first-order valence-electron chi connectivity index (χ1n) is 5.97. The van der Waals surface area contributed by atoms with E-state index in [4.69, 9.17) is 0 Å². The fourth-order valence-electron chi connectivity index (χ4n) is 2.85. The maximum Gasteiger partial charge on any atom is 0.145 e. The standard InChI is InChI=1S/C12H22N/c1-2-3-7-13-9-11-5-4-6-12(8-11)10-13/h9,11-12H,2-8,10H2,1H3/q+1/t11-,12+/m0/s1. The van der Waals surface area contributed by atoms with Crippen LogP contribution < -0.4 is 0 Å². The Morgan fingerprint density at radius 3 is 3.08 bits per heavy atom. The van der Waals surface area contributed by atoms with E-state index in [9.17, 15) is 0 Å². The molecule has 0 aromatic heterocycles. The van der Waals surface area contributed by atoms with Gasteiger partial charge in [-0.1, -0.05) is 19.8 Å². The van der Waals surface area contributed by atoms with Crippen molar-refractivity contribution in [2.45, 2.75) is 45.4 Å². The number of hydrogen-bond donors (Lipinski definition) is 0. The van der Waals surface area contributed by atoms with E-state index in [0.717, 1.165) is 11.8 Å². The highest BCUT2D eigenvalue weighted by atomic mass is 15.0. The molecule has 74 valence electrons. The predicted octanol–water partition coefficient (Wildman–Crippen LogP) is 2.69. The molecule has 0 radical (unpaired) electrons. The monoisotopic (exact) mass is 180 g/mol. The average Bonchev–Trinajstić information content (AvgIpc) is 2.14. The second-order valence-electron chi connectivity index (χ2n) is 4.79. The molecule has 0 saturated heterocycles. The molecule has 1 heteroatoms. The largest absolute Gasteiger partial charge is 0.239 e. The summed E-state index contributed by atoms with van der Waals surface area (Å²) < 4.78 is 2.60. The fourth-order valence-corrected chi connectivity index (χ4v) is 2.85. The Bertz CT molecular complexity index is 195. The van der Waals surface area contributed by atoms with Crippen LogP contribution in [0.1, 0.15) is 45.4 Å². The normalized spacial score (nSPS) is 32.8. The quantitative estimate of drug-likeness (QED) is 0.587. The third kappa shape index (κ3) is 2.32. The number of nitrogens with zero attached hydrogens (tertiary/aromatic N) is 1. The van der Waals surface area contributed by atoms with Crippen LogP contribution in [0.4, 0.5) is 0 Å². The van der Waals surface area contributed by atoms with Crippen molar-refractivity contribution in [1.29, 1.82) is 0 Å². The van der Waals surface area contributed by atoms with Gasteiger partial charge in [0, 0.05) is 18.3 Å². The first-order chi connectivity index (χ1) is 6.38. The van der Waals surface area contributed by atoms with E-state index in [1.165, 1.54) is 51.6 Å². The zero-order chi connectivity index (χ0) is 9.10. The molecule has 0 spiro atoms. The lowest BCUT2D eigenvalue weighted by Gasteiger charge is -2.29. The third-order valence-electron chi connectivity index (χ3n) is 3.54. The minimum absolute atomic E-state index is 0.935. The lowest BCUT2D eigenvalue weighted by Crippen LogP contribution is -2.35. The lowest BCUT2D eigenvalue weighted by molar-refractivity contribution is -0.539. The molecule has 0 unspecified atom stereocenters. The van der Waals surface area contributed by atoms with Gasteiger partial charge in [-0.05, 0) is 19.3 Å². The highest BCUT2D eigenvalue weighted by Gasteiger charge is 2.30. The summed E-state index contributed by atoms with van der Waals surface area (Å²) in [6.07, 6.45) is 11.2. The molecule has 1 saturated carbocycles. The molecule has 2 bridgehead atoms. The summed E-state index contributed by atoms with van der Waals surface area (Å²) in [5, 5.41) is 0. The van der Waals surface area contributed by atoms with Crippen molar-refractivity contribution in [3.05, 3.63) is 0 Å². The Labute approximate surface area is 81.8 Å². The number of fused-ring (bicyclic) bond motifs is 2. The van der Waals surface area contributed by atoms with Crippen molar-refractivity contribution < 1.29 is 4.58 Å². The Morgan fingerprint density at radius 1 is 1.38 bits per heavy atom. The van der Waals surface area contributed by atoms with Gasteiger partial charge in [0.2, 0.25) is 0 Å². The van der Waals surface area contributed by atoms with Crippen LogP contribution in [0.5, 0.6) is 0 Å². The number of rotatable bonds is 3. The maximum atomic E-state index is 2.60. The van der Waals surface area contributed by atoms with Crippen molar-refractivity contribution >= 4 is 6.21 Å². The van der Waals surface area contributed by atoms with Gasteiger partial charge < -0.3 is 0 Å². The van der Waals surface area contributed by atoms with Crippen LogP contribution in [0.2, 0.25) is 0 Å². The molecule has 2 atom stereocenters. The molecule has 1 nitrogen and oxygen atoms in total. The van der Waals surface area contributed by atoms with E-state index in [0.29, 0.717) is 0 Å². The smallest absolute Gasteiger partial charge is 0.145 e. The summed E-state index contributed by atoms with van der Waals surface area (Å²) in [5.74, 6) is 1.96. The van der Waals surface area contributed by atoms with Gasteiger partial charge in [0.05, 0.1) is 0 Å². The van der Waals surface area contributed by atoms with E-state index in [1.807, 2.05) is 0 Å². The third-order valence-corrected chi connectivity index (χ3v) is 3.54. The highest BCUT2D eigenvalue weighted by molar-refractivity contribution is 5.56. The molecule has 0 aromatic carbocycles. The van der Waals surface area contributed by atoms with Crippen LogP contribution in [0.25, 0.3) is 0 Å². The molecular formula is C12H22N+. The Kier molecular flexibility index (Phi) is 3.02. The molecule has 1 heterocycles. The first-order valence-corrected chi connectivity index (χ1v) is 5.97. The van der Waals surface area contributed by atoms with E-state index in [1.54, 1.807) is 0 Å². The van der Waals surface area contributed by atoms with Crippen LogP contribution in [-0.2, 0) is 0 Å². The van der Waals surface area contributed by atoms with Crippen LogP contribution in [0, 0.1) is 11.8 Å². The predicted molar refractivity (Wildman–Crippen MR) is 56.4 cm³/mol. The van der Waals surface area contributed by atoms with Crippen molar-refractivity contribution in [3.63, 3.8) is 0 Å². The second-order valence-corrected chi connectivity index (χ2v) is 4.79. The molecule has 1 aliphatic heterocycles. The zero-order valence-corrected chi connectivity index (χ0v) is 8.84. The zero-order valence-electron chi connectivity index (χ0n) is 8.84. The molecule has 0 amide bonds. The highest BCUT2D eigenvalue weighted by Crippen LogP contribution is 2.30. The SMILES string of the molecule is CCCC[N+]1=C[C@H]2CCC[C@H](C2)C1. The Balaban J connectivity index is 1.92. The summed E-state index contributed by atoms with van der Waals surface area (Å²) in [5.41, 5.74) is 0. The van der Waals surface area contributed by atoms with Gasteiger partial charge in [0.1, 0.15) is 19.3 Å². The first kappa shape index (κ1) is 9.23. The Hall–Kier alpha value is -0.330. The van der Waals surface area contributed by atoms with Crippen molar-refractivity contribution in [1.82, 2.24) is 0 Å². The summed E-state index contributed by atoms with van der Waals surface area (Å²) in [6, 6.07) is 0. The summed E-state index contributed by atoms with van der Waals surface area (Å²) in [7, 11) is 0. The molecule has 0 aromatic rings. The average molecular weight is 180 g/mol. The van der Waals surface area contributed by atoms with E-state index in [2.05, 4.69) is 17.7 Å². The number of unbranched alkanes of at least 4 members (excludes halogenated alkanes) is 1. The lowest BCUT2D eigenvalue weighted by atomic mass is 9.80. The van der Waals surface area contributed by atoms with Gasteiger partial charge in [0.25, 0.3) is 0 Å². The van der Waals surface area contributed by atoms with Crippen molar-refractivity contribution in [2.24, 2.45) is 11.8 Å². The molecule has 1 aliphatic carbocycles. The topological polar surface area (TPSA) is 3.01 Å². The minimum Gasteiger partial charge on any atom is -0.239 e. The van der Waals surface area contributed by atoms with E-state index < -0.39 is 0 Å². The van der Waals surface area contributed by atoms with Gasteiger partial charge in [-0.2, -0.15) is 0 Å². The van der Waals surface area contributed by atoms with Gasteiger partial charge in [0.15, 0.2) is 0 Å². The van der Waals surface area contributed by atoms with E-state index >= 15 is 0 Å². The van der Waals surface area contributed by atoms with Crippen LogP contribution >= 0.6 is 0 Å². The van der Waals surface area contributed by atoms with Crippen LogP contribution in [-0.4, -0.2) is 23.9 Å². The second kappa shape index (κ2) is 4.26. The van der Waals surface area contributed by atoms with Crippen molar-refractivity contribution in [2.75, 3.05) is 13.1 Å². The molecule has 0 N–H and O–H groups in total. The van der Waals surface area contributed by atoms with Gasteiger partial charge in [-0.25, -0.2) is 4.58 Å². The summed E-state index contributed by atoms with van der Waals surface area (Å²) >= 11 is 0. The van der Waals surface area contributed by atoms with Gasteiger partial charge >= 0.3 is 0 Å². The Morgan fingerprint density at radius 2 is 2.31 bits per heavy atom. The number of hydrogen-bond acceptors (Lipinski definition) is 0. The molecule has 2 rings (SSSR count).